The second-order valence-corrected chi connectivity index (χ2v) is 6.24. The zero-order chi connectivity index (χ0) is 15.3. The van der Waals surface area contributed by atoms with Gasteiger partial charge in [0.05, 0.1) is 11.3 Å². The topological polar surface area (TPSA) is 110 Å². The van der Waals surface area contributed by atoms with E-state index in [9.17, 15) is 13.2 Å². The van der Waals surface area contributed by atoms with Gasteiger partial charge in [0.25, 0.3) is 0 Å². The minimum Gasteiger partial charge on any atom is -0.478 e. The van der Waals surface area contributed by atoms with Crippen molar-refractivity contribution in [2.24, 2.45) is 0 Å². The number of aromatic carboxylic acids is 1. The quantitative estimate of drug-likeness (QED) is 0.564. The minimum absolute atomic E-state index is 0.0523. The summed E-state index contributed by atoms with van der Waals surface area (Å²) in [6.45, 7) is 0.740. The third-order valence-corrected chi connectivity index (χ3v) is 4.70. The molecule has 0 amide bonds. The number of nitrogens with two attached hydrogens (primary N) is 1. The van der Waals surface area contributed by atoms with Crippen molar-refractivity contribution in [2.75, 3.05) is 33.0 Å². The minimum atomic E-state index is -3.73. The van der Waals surface area contributed by atoms with Crippen molar-refractivity contribution in [3.8, 4) is 0 Å². The zero-order valence-corrected chi connectivity index (χ0v) is 12.2. The van der Waals surface area contributed by atoms with Crippen LogP contribution in [0, 0.1) is 0 Å². The van der Waals surface area contributed by atoms with E-state index in [0.717, 1.165) is 10.4 Å². The molecule has 20 heavy (non-hydrogen) atoms. The molecule has 1 aromatic rings. The molecule has 0 heterocycles. The van der Waals surface area contributed by atoms with E-state index >= 15 is 0 Å². The number of rotatable bonds is 7. The fourth-order valence-corrected chi connectivity index (χ4v) is 2.94. The molecular weight excluding hydrogens is 284 g/mol. The van der Waals surface area contributed by atoms with Crippen molar-refractivity contribution < 1.29 is 23.1 Å². The molecule has 8 heteroatoms. The molecule has 7 nitrogen and oxygen atoms in total. The molecule has 0 spiro atoms. The van der Waals surface area contributed by atoms with E-state index in [4.69, 9.17) is 15.6 Å². The molecule has 0 bridgehead atoms. The monoisotopic (exact) mass is 302 g/mol. The van der Waals surface area contributed by atoms with Gasteiger partial charge in [-0.1, -0.05) is 0 Å². The van der Waals surface area contributed by atoms with Crippen LogP contribution >= 0.6 is 0 Å². The third-order valence-electron chi connectivity index (χ3n) is 2.77. The first-order valence-corrected chi connectivity index (χ1v) is 7.32. The Hall–Kier alpha value is -1.64. The fraction of sp³-hybridized carbons (Fsp3) is 0.417. The van der Waals surface area contributed by atoms with E-state index in [1.54, 1.807) is 0 Å². The maximum Gasteiger partial charge on any atom is 0.335 e. The Morgan fingerprint density at radius 1 is 1.45 bits per heavy atom. The number of methoxy groups -OCH3 is 1. The second-order valence-electron chi connectivity index (χ2n) is 4.23. The van der Waals surface area contributed by atoms with Gasteiger partial charge >= 0.3 is 5.97 Å². The molecule has 0 aliphatic carbocycles. The highest BCUT2D eigenvalue weighted by molar-refractivity contribution is 7.89. The summed E-state index contributed by atoms with van der Waals surface area (Å²) in [6.07, 6.45) is 0.555. The van der Waals surface area contributed by atoms with Crippen LogP contribution in [-0.2, 0) is 14.8 Å². The normalized spacial score (nSPS) is 11.8. The van der Waals surface area contributed by atoms with Gasteiger partial charge in [-0.2, -0.15) is 0 Å². The maximum absolute atomic E-state index is 12.3. The van der Waals surface area contributed by atoms with Gasteiger partial charge in [-0.05, 0) is 24.6 Å². The molecule has 112 valence electrons. The summed E-state index contributed by atoms with van der Waals surface area (Å²) in [4.78, 5) is 10.7. The van der Waals surface area contributed by atoms with Gasteiger partial charge < -0.3 is 15.6 Å². The van der Waals surface area contributed by atoms with Crippen molar-refractivity contribution in [3.05, 3.63) is 23.8 Å². The Kier molecular flexibility index (Phi) is 5.49. The molecule has 3 N–H and O–H groups in total. The van der Waals surface area contributed by atoms with Crippen LogP contribution in [-0.4, -0.2) is 51.1 Å². The number of carboxylic acid groups (broad SMARTS) is 1. The predicted octanol–water partition coefficient (Wildman–Crippen LogP) is 0.624. The molecule has 1 rings (SSSR count). The maximum atomic E-state index is 12.3. The van der Waals surface area contributed by atoms with Crippen LogP contribution < -0.4 is 5.73 Å². The van der Waals surface area contributed by atoms with E-state index in [1.165, 1.54) is 26.3 Å². The van der Waals surface area contributed by atoms with Crippen molar-refractivity contribution >= 4 is 21.7 Å². The second kappa shape index (κ2) is 6.69. The van der Waals surface area contributed by atoms with Gasteiger partial charge in [-0.15, -0.1) is 0 Å². The average Bonchev–Trinajstić information content (AvgIpc) is 2.38. The number of hydrogen-bond donors (Lipinski definition) is 2. The summed E-state index contributed by atoms with van der Waals surface area (Å²) in [5.74, 6) is -1.16. The standard InChI is InChI=1S/C12H18N2O5S/c1-14(6-3-7-19-2)20(17,18)11-5-4-9(12(15)16)8-10(11)13/h4-5,8H,3,6-7,13H2,1-2H3,(H,15,16). The van der Waals surface area contributed by atoms with E-state index in [-0.39, 0.29) is 22.7 Å². The number of sulfonamides is 1. The van der Waals surface area contributed by atoms with Crippen LogP contribution in [0.1, 0.15) is 16.8 Å². The number of carbonyl (C=O) groups is 1. The fourth-order valence-electron chi connectivity index (χ4n) is 1.64. The highest BCUT2D eigenvalue weighted by Gasteiger charge is 2.23. The summed E-state index contributed by atoms with van der Waals surface area (Å²) in [7, 11) is -0.754. The SMILES string of the molecule is COCCCN(C)S(=O)(=O)c1ccc(C(=O)O)cc1N. The van der Waals surface area contributed by atoms with E-state index in [1.807, 2.05) is 0 Å². The largest absolute Gasteiger partial charge is 0.478 e. The first kappa shape index (κ1) is 16.4. The van der Waals surface area contributed by atoms with E-state index in [0.29, 0.717) is 13.0 Å². The van der Waals surface area contributed by atoms with Crippen LogP contribution in [0.5, 0.6) is 0 Å². The highest BCUT2D eigenvalue weighted by Crippen LogP contribution is 2.23. The first-order chi connectivity index (χ1) is 9.30. The van der Waals surface area contributed by atoms with Crippen molar-refractivity contribution in [1.82, 2.24) is 4.31 Å². The van der Waals surface area contributed by atoms with Crippen molar-refractivity contribution in [2.45, 2.75) is 11.3 Å². The van der Waals surface area contributed by atoms with Gasteiger partial charge in [-0.3, -0.25) is 0 Å². The van der Waals surface area contributed by atoms with Crippen molar-refractivity contribution in [3.63, 3.8) is 0 Å². The van der Waals surface area contributed by atoms with E-state index in [2.05, 4.69) is 0 Å². The molecule has 0 aliphatic rings. The predicted molar refractivity (Wildman–Crippen MR) is 74.1 cm³/mol. The third kappa shape index (κ3) is 3.69. The van der Waals surface area contributed by atoms with Crippen LogP contribution in [0.3, 0.4) is 0 Å². The molecule has 0 radical (unpaired) electrons. The number of ether oxygens (including phenoxy) is 1. The van der Waals surface area contributed by atoms with Gasteiger partial charge in [0, 0.05) is 27.3 Å². The summed E-state index contributed by atoms with van der Waals surface area (Å²) in [6, 6.07) is 3.56. The molecular formula is C12H18N2O5S. The number of nitrogen functional groups attached to an aromatic ring is 1. The molecule has 0 unspecified atom stereocenters. The lowest BCUT2D eigenvalue weighted by atomic mass is 10.2. The molecule has 0 aliphatic heterocycles. The smallest absolute Gasteiger partial charge is 0.335 e. The average molecular weight is 302 g/mol. The highest BCUT2D eigenvalue weighted by atomic mass is 32.2. The van der Waals surface area contributed by atoms with Gasteiger partial charge in [0.1, 0.15) is 4.90 Å². The van der Waals surface area contributed by atoms with Gasteiger partial charge in [0.15, 0.2) is 0 Å². The Labute approximate surface area is 118 Å². The summed E-state index contributed by atoms with van der Waals surface area (Å²) in [5, 5.41) is 8.83. The van der Waals surface area contributed by atoms with Gasteiger partial charge in [0.2, 0.25) is 10.0 Å². The molecule has 1 aromatic carbocycles. The zero-order valence-electron chi connectivity index (χ0n) is 11.4. The van der Waals surface area contributed by atoms with Crippen molar-refractivity contribution in [1.29, 1.82) is 0 Å². The molecule has 0 saturated heterocycles. The lowest BCUT2D eigenvalue weighted by Gasteiger charge is -2.18. The summed E-state index contributed by atoms with van der Waals surface area (Å²) < 4.78 is 30.6. The van der Waals surface area contributed by atoms with Crippen LogP contribution in [0.2, 0.25) is 0 Å². The first-order valence-electron chi connectivity index (χ1n) is 5.88. The number of nitrogens with zero attached hydrogens (tertiary/aromatic N) is 1. The van der Waals surface area contributed by atoms with Crippen LogP contribution in [0.25, 0.3) is 0 Å². The lowest BCUT2D eigenvalue weighted by Crippen LogP contribution is -2.29. The Balaban J connectivity index is 3.00. The molecule has 0 aromatic heterocycles. The van der Waals surface area contributed by atoms with E-state index < -0.39 is 16.0 Å². The molecule has 0 atom stereocenters. The molecule has 0 fully saturated rings. The summed E-state index contributed by atoms with van der Waals surface area (Å²) in [5.41, 5.74) is 5.51. The number of anilines is 1. The summed E-state index contributed by atoms with van der Waals surface area (Å²) >= 11 is 0. The van der Waals surface area contributed by atoms with Crippen LogP contribution in [0.15, 0.2) is 23.1 Å². The number of benzene rings is 1. The Morgan fingerprint density at radius 2 is 2.10 bits per heavy atom. The molecule has 0 saturated carbocycles. The number of hydrogen-bond acceptors (Lipinski definition) is 5. The lowest BCUT2D eigenvalue weighted by molar-refractivity contribution is 0.0697. The Morgan fingerprint density at radius 3 is 2.60 bits per heavy atom. The Bertz CT molecular complexity index is 586. The van der Waals surface area contributed by atoms with Crippen LogP contribution in [0.4, 0.5) is 5.69 Å². The van der Waals surface area contributed by atoms with Gasteiger partial charge in [-0.25, -0.2) is 17.5 Å². The number of carboxylic acids is 1.